The maximum absolute atomic E-state index is 12.4. The number of amides is 1. The average molecular weight is 383 g/mol. The molecule has 0 saturated heterocycles. The highest BCUT2D eigenvalue weighted by molar-refractivity contribution is 6.34. The van der Waals surface area contributed by atoms with E-state index in [4.69, 9.17) is 22.4 Å². The van der Waals surface area contributed by atoms with Gasteiger partial charge in [-0.1, -0.05) is 35.9 Å². The van der Waals surface area contributed by atoms with Crippen LogP contribution in [0.25, 0.3) is 0 Å². The van der Waals surface area contributed by atoms with E-state index in [2.05, 4.69) is 5.32 Å². The monoisotopic (exact) mass is 382 g/mol. The molecule has 0 aliphatic carbocycles. The first-order valence-electron chi connectivity index (χ1n) is 7.50. The van der Waals surface area contributed by atoms with Gasteiger partial charge in [-0.05, 0) is 42.8 Å². The number of aryl methyl sites for hydroxylation is 1. The van der Waals surface area contributed by atoms with Gasteiger partial charge in [0.15, 0.2) is 0 Å². The van der Waals surface area contributed by atoms with Crippen molar-refractivity contribution in [2.24, 2.45) is 5.73 Å². The zero-order valence-electron chi connectivity index (χ0n) is 13.7. The molecule has 2 aromatic rings. The Balaban J connectivity index is 0.00000312. The van der Waals surface area contributed by atoms with Crippen molar-refractivity contribution in [2.45, 2.75) is 19.3 Å². The van der Waals surface area contributed by atoms with Gasteiger partial charge in [0.2, 0.25) is 0 Å². The summed E-state index contributed by atoms with van der Waals surface area (Å²) in [5, 5.41) is 12.1. The molecule has 0 radical (unpaired) electrons. The second kappa shape index (κ2) is 9.42. The van der Waals surface area contributed by atoms with Crippen LogP contribution in [-0.2, 0) is 4.79 Å². The standard InChI is InChI=1S/C18H19ClN2O3.ClH/c1-11-4-2-3-5-14(11)18(24)21-16-8-12(6-7-15(16)19)13(10-20)9-17(22)23;/h2-8,13H,9-10,20H2,1H3,(H,21,24)(H,22,23);1H/t13-;/m0./s1. The Kier molecular flexibility index (Phi) is 7.90. The fourth-order valence-corrected chi connectivity index (χ4v) is 2.62. The number of benzene rings is 2. The van der Waals surface area contributed by atoms with Crippen LogP contribution in [0.2, 0.25) is 5.02 Å². The molecule has 0 aliphatic rings. The van der Waals surface area contributed by atoms with E-state index in [1.54, 1.807) is 30.3 Å². The molecule has 25 heavy (non-hydrogen) atoms. The van der Waals surface area contributed by atoms with Crippen LogP contribution in [0.3, 0.4) is 0 Å². The molecule has 0 fully saturated rings. The smallest absolute Gasteiger partial charge is 0.304 e. The minimum absolute atomic E-state index is 0. The lowest BCUT2D eigenvalue weighted by Gasteiger charge is -2.16. The summed E-state index contributed by atoms with van der Waals surface area (Å²) in [6.45, 7) is 2.05. The van der Waals surface area contributed by atoms with Gasteiger partial charge < -0.3 is 16.2 Å². The first-order valence-corrected chi connectivity index (χ1v) is 7.88. The summed E-state index contributed by atoms with van der Waals surface area (Å²) in [5.41, 5.74) is 8.24. The van der Waals surface area contributed by atoms with Crippen LogP contribution in [-0.4, -0.2) is 23.5 Å². The van der Waals surface area contributed by atoms with Crippen LogP contribution in [0.4, 0.5) is 5.69 Å². The lowest BCUT2D eigenvalue weighted by Crippen LogP contribution is -2.17. The molecule has 5 nitrogen and oxygen atoms in total. The highest BCUT2D eigenvalue weighted by atomic mass is 35.5. The van der Waals surface area contributed by atoms with Crippen molar-refractivity contribution in [3.05, 3.63) is 64.2 Å². The number of anilines is 1. The molecule has 0 aliphatic heterocycles. The lowest BCUT2D eigenvalue weighted by atomic mass is 9.95. The normalized spacial score (nSPS) is 11.3. The summed E-state index contributed by atoms with van der Waals surface area (Å²) in [7, 11) is 0. The van der Waals surface area contributed by atoms with E-state index in [1.165, 1.54) is 0 Å². The molecule has 1 atom stereocenters. The average Bonchev–Trinajstić information content (AvgIpc) is 2.55. The number of aliphatic carboxylic acids is 1. The molecule has 0 unspecified atom stereocenters. The van der Waals surface area contributed by atoms with Crippen molar-refractivity contribution in [1.29, 1.82) is 0 Å². The number of nitrogens with two attached hydrogens (primary N) is 1. The second-order valence-electron chi connectivity index (χ2n) is 5.54. The van der Waals surface area contributed by atoms with Gasteiger partial charge in [0.25, 0.3) is 5.91 Å². The molecule has 2 rings (SSSR count). The van der Waals surface area contributed by atoms with E-state index in [0.717, 1.165) is 11.1 Å². The summed E-state index contributed by atoms with van der Waals surface area (Å²) in [6, 6.07) is 12.3. The van der Waals surface area contributed by atoms with E-state index in [9.17, 15) is 9.59 Å². The van der Waals surface area contributed by atoms with Gasteiger partial charge in [-0.25, -0.2) is 0 Å². The summed E-state index contributed by atoms with van der Waals surface area (Å²) < 4.78 is 0. The first-order chi connectivity index (χ1) is 11.4. The third kappa shape index (κ3) is 5.46. The molecular weight excluding hydrogens is 363 g/mol. The Labute approximate surface area is 157 Å². The first kappa shape index (κ1) is 21.0. The molecule has 0 spiro atoms. The summed E-state index contributed by atoms with van der Waals surface area (Å²) >= 11 is 6.16. The molecule has 1 amide bonds. The molecule has 0 heterocycles. The molecule has 0 saturated carbocycles. The maximum atomic E-state index is 12.4. The largest absolute Gasteiger partial charge is 0.481 e. The number of carboxylic acids is 1. The van der Waals surface area contributed by atoms with Crippen LogP contribution >= 0.6 is 24.0 Å². The Morgan fingerprint density at radius 3 is 2.52 bits per heavy atom. The van der Waals surface area contributed by atoms with Crippen molar-refractivity contribution >= 4 is 41.6 Å². The van der Waals surface area contributed by atoms with E-state index in [-0.39, 0.29) is 37.2 Å². The summed E-state index contributed by atoms with van der Waals surface area (Å²) in [4.78, 5) is 23.4. The number of carboxylic acid groups (broad SMARTS) is 1. The van der Waals surface area contributed by atoms with Crippen LogP contribution in [0.5, 0.6) is 0 Å². The fourth-order valence-electron chi connectivity index (χ4n) is 2.46. The van der Waals surface area contributed by atoms with E-state index < -0.39 is 5.97 Å². The van der Waals surface area contributed by atoms with Crippen molar-refractivity contribution in [3.63, 3.8) is 0 Å². The molecule has 0 aromatic heterocycles. The van der Waals surface area contributed by atoms with Crippen molar-refractivity contribution in [2.75, 3.05) is 11.9 Å². The summed E-state index contributed by atoms with van der Waals surface area (Å²) in [5.74, 6) is -1.53. The highest BCUT2D eigenvalue weighted by Crippen LogP contribution is 2.28. The van der Waals surface area contributed by atoms with Crippen LogP contribution in [0.15, 0.2) is 42.5 Å². The number of carbonyl (C=O) groups is 2. The fraction of sp³-hybridized carbons (Fsp3) is 0.222. The van der Waals surface area contributed by atoms with Crippen molar-refractivity contribution in [1.82, 2.24) is 0 Å². The summed E-state index contributed by atoms with van der Waals surface area (Å²) in [6.07, 6.45) is -0.0800. The second-order valence-corrected chi connectivity index (χ2v) is 5.95. The van der Waals surface area contributed by atoms with Crippen LogP contribution in [0, 0.1) is 6.92 Å². The maximum Gasteiger partial charge on any atom is 0.304 e. The van der Waals surface area contributed by atoms with Gasteiger partial charge in [0, 0.05) is 11.5 Å². The predicted molar refractivity (Wildman–Crippen MR) is 102 cm³/mol. The van der Waals surface area contributed by atoms with Gasteiger partial charge in [-0.15, -0.1) is 12.4 Å². The Morgan fingerprint density at radius 1 is 1.24 bits per heavy atom. The molecule has 2 aromatic carbocycles. The lowest BCUT2D eigenvalue weighted by molar-refractivity contribution is -0.137. The number of hydrogen-bond acceptors (Lipinski definition) is 3. The van der Waals surface area contributed by atoms with Crippen LogP contribution in [0.1, 0.15) is 33.8 Å². The SMILES string of the molecule is Cc1ccccc1C(=O)Nc1cc([C@H](CN)CC(=O)O)ccc1Cl.Cl. The topological polar surface area (TPSA) is 92.4 Å². The zero-order valence-corrected chi connectivity index (χ0v) is 15.2. The van der Waals surface area contributed by atoms with Crippen LogP contribution < -0.4 is 11.1 Å². The van der Waals surface area contributed by atoms with Gasteiger partial charge in [-0.3, -0.25) is 9.59 Å². The van der Waals surface area contributed by atoms with Crippen molar-refractivity contribution < 1.29 is 14.7 Å². The van der Waals surface area contributed by atoms with Gasteiger partial charge in [0.05, 0.1) is 17.1 Å². The Bertz CT molecular complexity index is 766. The third-order valence-electron chi connectivity index (χ3n) is 3.81. The molecule has 134 valence electrons. The number of rotatable bonds is 6. The molecule has 0 bridgehead atoms. The molecule has 7 heteroatoms. The van der Waals surface area contributed by atoms with Gasteiger partial charge in [0.1, 0.15) is 0 Å². The van der Waals surface area contributed by atoms with Gasteiger partial charge >= 0.3 is 5.97 Å². The molecule has 4 N–H and O–H groups in total. The third-order valence-corrected chi connectivity index (χ3v) is 4.13. The van der Waals surface area contributed by atoms with E-state index >= 15 is 0 Å². The Hall–Kier alpha value is -2.08. The van der Waals surface area contributed by atoms with E-state index in [1.807, 2.05) is 19.1 Å². The minimum Gasteiger partial charge on any atom is -0.481 e. The highest BCUT2D eigenvalue weighted by Gasteiger charge is 2.17. The van der Waals surface area contributed by atoms with Crippen molar-refractivity contribution in [3.8, 4) is 0 Å². The number of carbonyl (C=O) groups excluding carboxylic acids is 1. The molecular formula is C18H20Cl2N2O3. The number of halogens is 2. The quantitative estimate of drug-likeness (QED) is 0.707. The predicted octanol–water partition coefficient (Wildman–Crippen LogP) is 3.84. The van der Waals surface area contributed by atoms with E-state index in [0.29, 0.717) is 16.3 Å². The number of hydrogen-bond donors (Lipinski definition) is 3. The Morgan fingerprint density at radius 2 is 1.92 bits per heavy atom. The zero-order chi connectivity index (χ0) is 17.7. The minimum atomic E-state index is -0.925. The van der Waals surface area contributed by atoms with Gasteiger partial charge in [-0.2, -0.15) is 0 Å². The number of nitrogens with one attached hydrogen (secondary N) is 1.